The Morgan fingerprint density at radius 2 is 2.24 bits per heavy atom. The van der Waals surface area contributed by atoms with Gasteiger partial charge in [-0.15, -0.1) is 0 Å². The minimum absolute atomic E-state index is 0.231. The fourth-order valence-electron chi connectivity index (χ4n) is 2.51. The van der Waals surface area contributed by atoms with E-state index in [4.69, 9.17) is 0 Å². The fourth-order valence-corrected chi connectivity index (χ4v) is 2.51. The van der Waals surface area contributed by atoms with Gasteiger partial charge in [-0.3, -0.25) is 4.90 Å². The summed E-state index contributed by atoms with van der Waals surface area (Å²) in [5, 5.41) is 23.5. The topological polar surface area (TPSA) is 84.4 Å². The van der Waals surface area contributed by atoms with Gasteiger partial charge in [0.15, 0.2) is 6.10 Å². The molecule has 118 valence electrons. The summed E-state index contributed by atoms with van der Waals surface area (Å²) in [5.74, 6) is -0.303. The van der Waals surface area contributed by atoms with Gasteiger partial charge >= 0.3 is 12.0 Å². The van der Waals surface area contributed by atoms with Crippen molar-refractivity contribution >= 4 is 5.82 Å². The molecule has 2 atom stereocenters. The number of alkyl halides is 3. The summed E-state index contributed by atoms with van der Waals surface area (Å²) < 4.78 is 39.0. The Morgan fingerprint density at radius 1 is 1.52 bits per heavy atom. The molecule has 0 aromatic carbocycles. The molecule has 10 heteroatoms. The van der Waals surface area contributed by atoms with Gasteiger partial charge in [0.25, 0.3) is 0 Å². The minimum Gasteiger partial charge on any atom is -0.382 e. The Bertz CT molecular complexity index is 505. The third kappa shape index (κ3) is 3.70. The van der Waals surface area contributed by atoms with Crippen molar-refractivity contribution in [2.24, 2.45) is 0 Å². The van der Waals surface area contributed by atoms with Crippen LogP contribution < -0.4 is 0 Å². The van der Waals surface area contributed by atoms with Gasteiger partial charge in [0.05, 0.1) is 23.9 Å². The van der Waals surface area contributed by atoms with E-state index in [2.05, 4.69) is 5.10 Å². The average molecular weight is 308 g/mol. The Hall–Kier alpha value is -1.68. The summed E-state index contributed by atoms with van der Waals surface area (Å²) in [4.78, 5) is 11.4. The zero-order chi connectivity index (χ0) is 15.6. The Morgan fingerprint density at radius 3 is 2.81 bits per heavy atom. The average Bonchev–Trinajstić information content (AvgIpc) is 3.03. The molecule has 0 bridgehead atoms. The summed E-state index contributed by atoms with van der Waals surface area (Å²) in [6, 6.07) is 0.266. The van der Waals surface area contributed by atoms with Crippen LogP contribution in [0.2, 0.25) is 0 Å². The summed E-state index contributed by atoms with van der Waals surface area (Å²) in [7, 11) is 0. The van der Waals surface area contributed by atoms with Crippen LogP contribution in [0.25, 0.3) is 0 Å². The number of rotatable bonds is 5. The molecule has 0 amide bonds. The fraction of sp³-hybridized carbons (Fsp3) is 0.727. The van der Waals surface area contributed by atoms with Crippen molar-refractivity contribution in [3.8, 4) is 0 Å². The maximum atomic E-state index is 12.6. The van der Waals surface area contributed by atoms with Gasteiger partial charge in [-0.1, -0.05) is 0 Å². The van der Waals surface area contributed by atoms with Crippen molar-refractivity contribution in [1.29, 1.82) is 0 Å². The first kappa shape index (κ1) is 15.7. The maximum absolute atomic E-state index is 12.6. The van der Waals surface area contributed by atoms with Crippen LogP contribution in [-0.4, -0.2) is 56.1 Å². The molecule has 0 unspecified atom stereocenters. The molecule has 1 N–H and O–H groups in total. The van der Waals surface area contributed by atoms with Crippen molar-refractivity contribution in [3.63, 3.8) is 0 Å². The highest BCUT2D eigenvalue weighted by atomic mass is 19.4. The molecule has 2 rings (SSSR count). The summed E-state index contributed by atoms with van der Waals surface area (Å²) >= 11 is 0. The SMILES string of the molecule is O=[N+]([O-])c1ccn(CCN2CCC[C@@H]2[C@@H](O)C(F)(F)F)n1. The van der Waals surface area contributed by atoms with E-state index in [1.54, 1.807) is 4.90 Å². The van der Waals surface area contributed by atoms with Crippen LogP contribution in [-0.2, 0) is 6.54 Å². The summed E-state index contributed by atoms with van der Waals surface area (Å²) in [6.45, 7) is 0.937. The van der Waals surface area contributed by atoms with Gasteiger partial charge in [-0.05, 0) is 24.3 Å². The number of likely N-dealkylation sites (tertiary alicyclic amines) is 1. The molecule has 1 aliphatic heterocycles. The largest absolute Gasteiger partial charge is 0.415 e. The molecule has 0 spiro atoms. The highest BCUT2D eigenvalue weighted by Gasteiger charge is 2.46. The predicted octanol–water partition coefficient (Wildman–Crippen LogP) is 1.18. The van der Waals surface area contributed by atoms with Crippen LogP contribution in [0.1, 0.15) is 12.8 Å². The standard InChI is InChI=1S/C11H15F3N4O3/c12-11(13,14)10(19)8-2-1-4-16(8)6-7-17-5-3-9(15-17)18(20)21/h3,5,8,10,19H,1-2,4,6-7H2/t8-,10-/m1/s1. The van der Waals surface area contributed by atoms with E-state index in [1.165, 1.54) is 16.9 Å². The van der Waals surface area contributed by atoms with E-state index in [0.717, 1.165) is 0 Å². The van der Waals surface area contributed by atoms with Gasteiger partial charge in [-0.25, -0.2) is 0 Å². The molecule has 1 aromatic rings. The van der Waals surface area contributed by atoms with Crippen LogP contribution in [0.4, 0.5) is 19.0 Å². The highest BCUT2D eigenvalue weighted by Crippen LogP contribution is 2.30. The Labute approximate surface area is 118 Å². The Kier molecular flexibility index (Phi) is 4.47. The summed E-state index contributed by atoms with van der Waals surface area (Å²) in [6.07, 6.45) is -4.75. The third-order valence-electron chi connectivity index (χ3n) is 3.54. The number of hydrogen-bond donors (Lipinski definition) is 1. The number of hydrogen-bond acceptors (Lipinski definition) is 5. The molecule has 0 aliphatic carbocycles. The van der Waals surface area contributed by atoms with Crippen LogP contribution in [0.3, 0.4) is 0 Å². The smallest absolute Gasteiger partial charge is 0.382 e. The molecule has 1 aromatic heterocycles. The number of aliphatic hydroxyl groups excluding tert-OH is 1. The van der Waals surface area contributed by atoms with E-state index in [9.17, 15) is 28.4 Å². The second-order valence-corrected chi connectivity index (χ2v) is 4.93. The molecule has 1 saturated heterocycles. The zero-order valence-electron chi connectivity index (χ0n) is 11.0. The lowest BCUT2D eigenvalue weighted by molar-refractivity contribution is -0.389. The van der Waals surface area contributed by atoms with Crippen molar-refractivity contribution in [2.45, 2.75) is 37.7 Å². The maximum Gasteiger partial charge on any atom is 0.415 e. The molecule has 0 saturated carbocycles. The third-order valence-corrected chi connectivity index (χ3v) is 3.54. The number of nitrogens with zero attached hydrogens (tertiary/aromatic N) is 4. The number of aromatic nitrogens is 2. The predicted molar refractivity (Wildman–Crippen MR) is 65.5 cm³/mol. The first-order valence-electron chi connectivity index (χ1n) is 6.45. The second kappa shape index (κ2) is 5.98. The lowest BCUT2D eigenvalue weighted by atomic mass is 10.1. The molecular formula is C11H15F3N4O3. The Balaban J connectivity index is 1.93. The first-order valence-corrected chi connectivity index (χ1v) is 6.45. The van der Waals surface area contributed by atoms with Crippen LogP contribution >= 0.6 is 0 Å². The molecule has 1 aliphatic rings. The van der Waals surface area contributed by atoms with Crippen molar-refractivity contribution < 1.29 is 23.2 Å². The molecule has 2 heterocycles. The molecular weight excluding hydrogens is 293 g/mol. The molecule has 7 nitrogen and oxygen atoms in total. The highest BCUT2D eigenvalue weighted by molar-refractivity contribution is 5.13. The van der Waals surface area contributed by atoms with Crippen molar-refractivity contribution in [1.82, 2.24) is 14.7 Å². The van der Waals surface area contributed by atoms with Gasteiger partial charge in [-0.2, -0.15) is 17.9 Å². The molecule has 1 fully saturated rings. The van der Waals surface area contributed by atoms with E-state index < -0.39 is 23.2 Å². The van der Waals surface area contributed by atoms with E-state index in [1.807, 2.05) is 0 Å². The van der Waals surface area contributed by atoms with E-state index >= 15 is 0 Å². The molecule has 21 heavy (non-hydrogen) atoms. The zero-order valence-corrected chi connectivity index (χ0v) is 11.0. The van der Waals surface area contributed by atoms with Gasteiger partial charge in [0.2, 0.25) is 0 Å². The lowest BCUT2D eigenvalue weighted by Crippen LogP contribution is -2.47. The van der Waals surface area contributed by atoms with Crippen molar-refractivity contribution in [3.05, 3.63) is 22.4 Å². The van der Waals surface area contributed by atoms with Gasteiger partial charge in [0, 0.05) is 12.6 Å². The van der Waals surface area contributed by atoms with Crippen molar-refractivity contribution in [2.75, 3.05) is 13.1 Å². The summed E-state index contributed by atoms with van der Waals surface area (Å²) in [5.41, 5.74) is 0. The van der Waals surface area contributed by atoms with Gasteiger partial charge < -0.3 is 15.2 Å². The van der Waals surface area contributed by atoms with Crippen LogP contribution in [0, 0.1) is 10.1 Å². The van der Waals surface area contributed by atoms with Crippen LogP contribution in [0.15, 0.2) is 12.3 Å². The second-order valence-electron chi connectivity index (χ2n) is 4.93. The van der Waals surface area contributed by atoms with Gasteiger partial charge in [0.1, 0.15) is 0 Å². The number of aliphatic hydroxyl groups is 1. The number of nitro groups is 1. The quantitative estimate of drug-likeness (QED) is 0.652. The first-order chi connectivity index (χ1) is 9.79. The monoisotopic (exact) mass is 308 g/mol. The minimum atomic E-state index is -4.64. The lowest BCUT2D eigenvalue weighted by Gasteiger charge is -2.29. The van der Waals surface area contributed by atoms with Crippen LogP contribution in [0.5, 0.6) is 0 Å². The molecule has 0 radical (unpaired) electrons. The van der Waals surface area contributed by atoms with E-state index in [-0.39, 0.29) is 25.3 Å². The number of halogens is 3. The normalized spacial score (nSPS) is 21.6. The van der Waals surface area contributed by atoms with E-state index in [0.29, 0.717) is 13.0 Å².